The molecule has 0 aromatic heterocycles. The Morgan fingerprint density at radius 3 is 2.75 bits per heavy atom. The normalized spacial score (nSPS) is 12.2. The van der Waals surface area contributed by atoms with Crippen LogP contribution >= 0.6 is 0 Å². The van der Waals surface area contributed by atoms with Gasteiger partial charge in [-0.15, -0.1) is 0 Å². The summed E-state index contributed by atoms with van der Waals surface area (Å²) in [4.78, 5) is 13.9. The zero-order chi connectivity index (χ0) is 15.1. The van der Waals surface area contributed by atoms with Gasteiger partial charge in [0.25, 0.3) is 0 Å². The van der Waals surface area contributed by atoms with Crippen LogP contribution in [0.15, 0.2) is 18.2 Å². The summed E-state index contributed by atoms with van der Waals surface area (Å²) in [6, 6.07) is 5.67. The molecule has 1 unspecified atom stereocenters. The molecule has 1 rings (SSSR count). The van der Waals surface area contributed by atoms with Gasteiger partial charge in [-0.3, -0.25) is 0 Å². The summed E-state index contributed by atoms with van der Waals surface area (Å²) in [6.45, 7) is 5.24. The summed E-state index contributed by atoms with van der Waals surface area (Å²) in [5.41, 5.74) is 7.55. The monoisotopic (exact) mass is 279 g/mol. The number of esters is 1. The van der Waals surface area contributed by atoms with Crippen LogP contribution in [0.25, 0.3) is 0 Å². The highest BCUT2D eigenvalue weighted by molar-refractivity contribution is 5.96. The van der Waals surface area contributed by atoms with E-state index in [2.05, 4.69) is 31.2 Å². The van der Waals surface area contributed by atoms with Crippen LogP contribution in [0.5, 0.6) is 0 Å². The molecule has 0 aliphatic heterocycles. The van der Waals surface area contributed by atoms with Crippen LogP contribution in [-0.2, 0) is 4.74 Å². The Bertz CT molecular complexity index is 447. The average molecular weight is 279 g/mol. The number of ether oxygens (including phenoxy) is 1. The third kappa shape index (κ3) is 5.09. The van der Waals surface area contributed by atoms with Crippen molar-refractivity contribution in [2.45, 2.75) is 26.3 Å². The van der Waals surface area contributed by atoms with Crippen molar-refractivity contribution in [2.24, 2.45) is 0 Å². The number of rotatable bonds is 7. The molecular formula is C15H25N3O2. The number of hydrogen-bond acceptors (Lipinski definition) is 5. The smallest absolute Gasteiger partial charge is 0.340 e. The van der Waals surface area contributed by atoms with Crippen molar-refractivity contribution < 1.29 is 9.53 Å². The maximum atomic E-state index is 11.8. The zero-order valence-corrected chi connectivity index (χ0v) is 12.8. The Kier molecular flexibility index (Phi) is 6.31. The van der Waals surface area contributed by atoms with Crippen LogP contribution in [0, 0.1) is 0 Å². The maximum absolute atomic E-state index is 11.8. The lowest BCUT2D eigenvalue weighted by Gasteiger charge is -2.18. The minimum absolute atomic E-state index is 0.316. The number of carbonyl (C=O) groups is 1. The summed E-state index contributed by atoms with van der Waals surface area (Å²) in [5, 5.41) is 3.37. The number of nitrogens with zero attached hydrogens (tertiary/aromatic N) is 1. The molecule has 20 heavy (non-hydrogen) atoms. The summed E-state index contributed by atoms with van der Waals surface area (Å²) in [5.74, 6) is -0.380. The van der Waals surface area contributed by atoms with Gasteiger partial charge in [-0.25, -0.2) is 4.79 Å². The van der Waals surface area contributed by atoms with Crippen LogP contribution in [0.3, 0.4) is 0 Å². The number of nitrogens with two attached hydrogens (primary N) is 1. The van der Waals surface area contributed by atoms with Crippen molar-refractivity contribution in [2.75, 3.05) is 38.3 Å². The first-order valence-corrected chi connectivity index (χ1v) is 6.92. The molecule has 0 bridgehead atoms. The molecule has 0 radical (unpaired) electrons. The lowest BCUT2D eigenvalue weighted by molar-refractivity contribution is 0.0527. The molecule has 0 amide bonds. The van der Waals surface area contributed by atoms with Crippen molar-refractivity contribution in [1.29, 1.82) is 0 Å². The number of nitrogen functional groups attached to an aromatic ring is 1. The van der Waals surface area contributed by atoms with Crippen molar-refractivity contribution in [3.05, 3.63) is 23.8 Å². The Morgan fingerprint density at radius 1 is 1.45 bits per heavy atom. The van der Waals surface area contributed by atoms with E-state index in [0.717, 1.165) is 18.7 Å². The first kappa shape index (κ1) is 16.3. The molecule has 0 saturated carbocycles. The Labute approximate surface area is 121 Å². The standard InChI is InChI=1S/C15H25N3O2/c1-5-20-15(19)13-10-12(6-7-14(13)16)17-11(2)8-9-18(3)4/h6-7,10-11,17H,5,8-9,16H2,1-4H3. The highest BCUT2D eigenvalue weighted by atomic mass is 16.5. The van der Waals surface area contributed by atoms with Crippen molar-refractivity contribution >= 4 is 17.3 Å². The average Bonchev–Trinajstić information content (AvgIpc) is 2.39. The fourth-order valence-electron chi connectivity index (χ4n) is 1.84. The molecule has 5 nitrogen and oxygen atoms in total. The van der Waals surface area contributed by atoms with Crippen molar-refractivity contribution in [3.8, 4) is 0 Å². The van der Waals surface area contributed by atoms with E-state index in [1.165, 1.54) is 0 Å². The van der Waals surface area contributed by atoms with E-state index in [0.29, 0.717) is 23.9 Å². The predicted octanol–water partition coefficient (Wildman–Crippen LogP) is 2.20. The van der Waals surface area contributed by atoms with Gasteiger partial charge in [-0.2, -0.15) is 0 Å². The van der Waals surface area contributed by atoms with Gasteiger partial charge in [0.2, 0.25) is 0 Å². The summed E-state index contributed by atoms with van der Waals surface area (Å²) in [7, 11) is 4.10. The third-order valence-electron chi connectivity index (χ3n) is 2.97. The molecule has 0 aliphatic rings. The van der Waals surface area contributed by atoms with E-state index in [9.17, 15) is 4.79 Å². The maximum Gasteiger partial charge on any atom is 0.340 e. The number of nitrogens with one attached hydrogen (secondary N) is 1. The lowest BCUT2D eigenvalue weighted by Crippen LogP contribution is -2.23. The molecule has 0 heterocycles. The fourth-order valence-corrected chi connectivity index (χ4v) is 1.84. The van der Waals surface area contributed by atoms with Crippen molar-refractivity contribution in [3.63, 3.8) is 0 Å². The fraction of sp³-hybridized carbons (Fsp3) is 0.533. The summed E-state index contributed by atoms with van der Waals surface area (Å²) < 4.78 is 4.99. The second-order valence-electron chi connectivity index (χ2n) is 5.16. The Hall–Kier alpha value is -1.75. The van der Waals surface area contributed by atoms with Crippen LogP contribution in [0.1, 0.15) is 30.6 Å². The quantitative estimate of drug-likeness (QED) is 0.591. The van der Waals surface area contributed by atoms with E-state index in [1.54, 1.807) is 19.1 Å². The molecule has 5 heteroatoms. The topological polar surface area (TPSA) is 67.6 Å². The highest BCUT2D eigenvalue weighted by Crippen LogP contribution is 2.20. The number of hydrogen-bond donors (Lipinski definition) is 2. The molecule has 0 aliphatic carbocycles. The SMILES string of the molecule is CCOC(=O)c1cc(NC(C)CCN(C)C)ccc1N. The van der Waals surface area contributed by atoms with Crippen molar-refractivity contribution in [1.82, 2.24) is 4.90 Å². The molecule has 0 fully saturated rings. The van der Waals surface area contributed by atoms with Crippen LogP contribution in [0.4, 0.5) is 11.4 Å². The first-order valence-electron chi connectivity index (χ1n) is 6.92. The molecular weight excluding hydrogens is 254 g/mol. The van der Waals surface area contributed by atoms with Crippen LogP contribution in [0.2, 0.25) is 0 Å². The van der Waals surface area contributed by atoms with E-state index in [1.807, 2.05) is 6.07 Å². The number of benzene rings is 1. The molecule has 1 aromatic carbocycles. The lowest BCUT2D eigenvalue weighted by atomic mass is 10.1. The zero-order valence-electron chi connectivity index (χ0n) is 12.8. The van der Waals surface area contributed by atoms with Gasteiger partial charge in [0.05, 0.1) is 12.2 Å². The van der Waals surface area contributed by atoms with Gasteiger partial charge < -0.3 is 20.7 Å². The van der Waals surface area contributed by atoms with E-state index in [4.69, 9.17) is 10.5 Å². The largest absolute Gasteiger partial charge is 0.462 e. The Morgan fingerprint density at radius 2 is 2.15 bits per heavy atom. The number of anilines is 2. The second kappa shape index (κ2) is 7.75. The highest BCUT2D eigenvalue weighted by Gasteiger charge is 2.12. The van der Waals surface area contributed by atoms with Gasteiger partial charge in [0.15, 0.2) is 0 Å². The number of carbonyl (C=O) groups excluding carboxylic acids is 1. The van der Waals surface area contributed by atoms with Gasteiger partial charge in [0, 0.05) is 17.4 Å². The summed E-state index contributed by atoms with van der Waals surface area (Å²) in [6.07, 6.45) is 1.02. The van der Waals surface area contributed by atoms with E-state index in [-0.39, 0.29) is 5.97 Å². The van der Waals surface area contributed by atoms with Crippen LogP contribution < -0.4 is 11.1 Å². The predicted molar refractivity (Wildman–Crippen MR) is 83.1 cm³/mol. The van der Waals surface area contributed by atoms with Gasteiger partial charge in [-0.1, -0.05) is 0 Å². The minimum atomic E-state index is -0.380. The molecule has 0 spiro atoms. The van der Waals surface area contributed by atoms with Gasteiger partial charge >= 0.3 is 5.97 Å². The first-order chi connectivity index (χ1) is 9.43. The van der Waals surface area contributed by atoms with Crippen LogP contribution in [-0.4, -0.2) is 44.2 Å². The molecule has 3 N–H and O–H groups in total. The third-order valence-corrected chi connectivity index (χ3v) is 2.97. The molecule has 1 atom stereocenters. The second-order valence-corrected chi connectivity index (χ2v) is 5.16. The van der Waals surface area contributed by atoms with E-state index >= 15 is 0 Å². The van der Waals surface area contributed by atoms with Gasteiger partial charge in [-0.05, 0) is 59.1 Å². The molecule has 0 saturated heterocycles. The molecule has 1 aromatic rings. The molecule has 112 valence electrons. The Balaban J connectivity index is 2.72. The van der Waals surface area contributed by atoms with Gasteiger partial charge in [0.1, 0.15) is 0 Å². The minimum Gasteiger partial charge on any atom is -0.462 e. The summed E-state index contributed by atoms with van der Waals surface area (Å²) >= 11 is 0. The van der Waals surface area contributed by atoms with E-state index < -0.39 is 0 Å².